The molecular weight excluding hydrogens is 466 g/mol. The van der Waals surface area contributed by atoms with Gasteiger partial charge in [0.05, 0.1) is 0 Å². The molecule has 0 heterocycles. The largest absolute Gasteiger partial charge is 0.462 e. The molecular formula is C35H53NO2. The summed E-state index contributed by atoms with van der Waals surface area (Å²) >= 11 is 0. The molecule has 0 radical (unpaired) electrons. The number of para-hydroxylation sites is 1. The highest BCUT2D eigenvalue weighted by Gasteiger charge is 2.61. The van der Waals surface area contributed by atoms with Crippen LogP contribution in [0.3, 0.4) is 0 Å². The van der Waals surface area contributed by atoms with Crippen LogP contribution < -0.4 is 5.32 Å². The number of esters is 1. The van der Waals surface area contributed by atoms with Gasteiger partial charge in [0, 0.05) is 25.1 Å². The summed E-state index contributed by atoms with van der Waals surface area (Å²) < 4.78 is 5.75. The predicted octanol–water partition coefficient (Wildman–Crippen LogP) is 9.05. The molecule has 3 saturated carbocycles. The zero-order valence-electron chi connectivity index (χ0n) is 25.0. The second kappa shape index (κ2) is 11.0. The molecule has 1 aromatic carbocycles. The van der Waals surface area contributed by atoms with Crippen molar-refractivity contribution in [3.05, 3.63) is 42.0 Å². The molecule has 3 fully saturated rings. The lowest BCUT2D eigenvalue weighted by Crippen LogP contribution is -2.56. The van der Waals surface area contributed by atoms with Crippen molar-refractivity contribution in [2.45, 2.75) is 118 Å². The third-order valence-electron chi connectivity index (χ3n) is 11.8. The fraction of sp³-hybridized carbons (Fsp3) is 0.743. The minimum atomic E-state index is -0.139. The van der Waals surface area contributed by atoms with E-state index in [2.05, 4.69) is 76.3 Å². The van der Waals surface area contributed by atoms with Gasteiger partial charge >= 0.3 is 5.97 Å². The van der Waals surface area contributed by atoms with Crippen LogP contribution >= 0.6 is 0 Å². The first-order valence-electron chi connectivity index (χ1n) is 15.8. The lowest BCUT2D eigenvalue weighted by Gasteiger charge is -2.60. The van der Waals surface area contributed by atoms with Gasteiger partial charge in [-0.05, 0) is 97.0 Å². The molecule has 9 atom stereocenters. The first kappa shape index (κ1) is 27.8. The summed E-state index contributed by atoms with van der Waals surface area (Å²) in [5.74, 6) is 4.51. The summed E-state index contributed by atoms with van der Waals surface area (Å²) in [6.45, 7) is 14.1. The van der Waals surface area contributed by atoms with Gasteiger partial charge in [-0.25, -0.2) is 0 Å². The Balaban J connectivity index is 1.44. The van der Waals surface area contributed by atoms with Gasteiger partial charge in [-0.3, -0.25) is 4.79 Å². The van der Waals surface area contributed by atoms with Crippen LogP contribution in [-0.4, -0.2) is 18.1 Å². The van der Waals surface area contributed by atoms with E-state index in [1.165, 1.54) is 50.6 Å². The Morgan fingerprint density at radius 1 is 1.00 bits per heavy atom. The van der Waals surface area contributed by atoms with Crippen LogP contribution in [0.2, 0.25) is 0 Å². The molecule has 0 aromatic heterocycles. The number of rotatable bonds is 8. The molecule has 0 spiro atoms. The summed E-state index contributed by atoms with van der Waals surface area (Å²) in [6, 6.07) is 11.2. The molecule has 0 saturated heterocycles. The third-order valence-corrected chi connectivity index (χ3v) is 11.8. The van der Waals surface area contributed by atoms with E-state index >= 15 is 0 Å². The van der Waals surface area contributed by atoms with Crippen molar-refractivity contribution in [3.8, 4) is 0 Å². The number of benzene rings is 1. The monoisotopic (exact) mass is 519 g/mol. The van der Waals surface area contributed by atoms with Gasteiger partial charge in [0.2, 0.25) is 0 Å². The van der Waals surface area contributed by atoms with Crippen molar-refractivity contribution in [1.29, 1.82) is 0 Å². The van der Waals surface area contributed by atoms with Gasteiger partial charge in [-0.1, -0.05) is 83.7 Å². The molecule has 3 heteroatoms. The van der Waals surface area contributed by atoms with Gasteiger partial charge in [-0.15, -0.1) is 0 Å². The van der Waals surface area contributed by atoms with E-state index < -0.39 is 0 Å². The van der Waals surface area contributed by atoms with Gasteiger partial charge in [0.25, 0.3) is 0 Å². The van der Waals surface area contributed by atoms with Crippen molar-refractivity contribution in [1.82, 2.24) is 0 Å². The molecule has 0 unspecified atom stereocenters. The number of hydrogen-bond acceptors (Lipinski definition) is 3. The van der Waals surface area contributed by atoms with E-state index in [9.17, 15) is 4.79 Å². The zero-order chi connectivity index (χ0) is 27.1. The number of fused-ring (bicyclic) bond motifs is 5. The van der Waals surface area contributed by atoms with Gasteiger partial charge in [0.15, 0.2) is 0 Å². The molecule has 1 N–H and O–H groups in total. The minimum Gasteiger partial charge on any atom is -0.462 e. The number of anilines is 1. The number of carbonyl (C=O) groups is 1. The topological polar surface area (TPSA) is 38.3 Å². The van der Waals surface area contributed by atoms with Crippen molar-refractivity contribution in [3.63, 3.8) is 0 Å². The molecule has 0 aliphatic heterocycles. The Labute approximate surface area is 232 Å². The SMILES string of the molecule is CC(=O)O[C@H]1CC[C@@]2(C)C(=C[C@@H](Nc3ccccc3)[C@H]3[C@@H]4CC[C@H]([C@H](C)CCCC(C)C)[C@@]4(C)CC[C@@H]32)C1. The zero-order valence-corrected chi connectivity index (χ0v) is 25.0. The molecule has 0 amide bonds. The summed E-state index contributed by atoms with van der Waals surface area (Å²) in [5, 5.41) is 4.02. The first-order chi connectivity index (χ1) is 18.1. The van der Waals surface area contributed by atoms with E-state index in [4.69, 9.17) is 4.74 Å². The maximum absolute atomic E-state index is 11.8. The van der Waals surface area contributed by atoms with Crippen molar-refractivity contribution >= 4 is 11.7 Å². The molecule has 4 aliphatic carbocycles. The molecule has 4 aliphatic rings. The Morgan fingerprint density at radius 2 is 1.76 bits per heavy atom. The third kappa shape index (κ3) is 5.20. The smallest absolute Gasteiger partial charge is 0.302 e. The Kier molecular flexibility index (Phi) is 8.05. The fourth-order valence-electron chi connectivity index (χ4n) is 9.88. The summed E-state index contributed by atoms with van der Waals surface area (Å²) in [4.78, 5) is 11.8. The number of carbonyl (C=O) groups excluding carboxylic acids is 1. The number of ether oxygens (including phenoxy) is 1. The number of nitrogens with one attached hydrogen (secondary N) is 1. The molecule has 38 heavy (non-hydrogen) atoms. The summed E-state index contributed by atoms with van der Waals surface area (Å²) in [7, 11) is 0. The van der Waals surface area contributed by atoms with E-state index in [1.54, 1.807) is 12.5 Å². The molecule has 3 nitrogen and oxygen atoms in total. The Morgan fingerprint density at radius 3 is 2.47 bits per heavy atom. The highest BCUT2D eigenvalue weighted by Crippen LogP contribution is 2.67. The van der Waals surface area contributed by atoms with Crippen LogP contribution in [0.15, 0.2) is 42.0 Å². The van der Waals surface area contributed by atoms with Crippen LogP contribution in [0.4, 0.5) is 5.69 Å². The van der Waals surface area contributed by atoms with E-state index in [1.807, 2.05) is 0 Å². The average Bonchev–Trinajstić information content (AvgIpc) is 3.22. The van der Waals surface area contributed by atoms with Crippen LogP contribution in [0, 0.1) is 46.3 Å². The lowest BCUT2D eigenvalue weighted by atomic mass is 9.46. The Hall–Kier alpha value is -1.77. The van der Waals surface area contributed by atoms with Crippen LogP contribution in [0.5, 0.6) is 0 Å². The standard InChI is InChI=1S/C35H53NO2/c1-23(2)11-10-12-24(3)29-15-16-30-33-31(18-20-35(29,30)6)34(5)19-17-28(38-25(4)37)21-26(34)22-32(33)36-27-13-8-7-9-14-27/h7-9,13-14,22-24,28-33,36H,10-12,15-21H2,1-6H3/t24-,28+,29-,30+,31+,32-,33+,34+,35-/m1/s1. The van der Waals surface area contributed by atoms with Crippen molar-refractivity contribution < 1.29 is 9.53 Å². The minimum absolute atomic E-state index is 0.0390. The average molecular weight is 520 g/mol. The second-order valence-corrected chi connectivity index (χ2v) is 14.4. The van der Waals surface area contributed by atoms with E-state index in [-0.39, 0.29) is 17.5 Å². The highest BCUT2D eigenvalue weighted by molar-refractivity contribution is 5.66. The maximum atomic E-state index is 11.8. The van der Waals surface area contributed by atoms with Gasteiger partial charge in [0.1, 0.15) is 6.10 Å². The van der Waals surface area contributed by atoms with Crippen LogP contribution in [-0.2, 0) is 9.53 Å². The lowest BCUT2D eigenvalue weighted by molar-refractivity contribution is -0.148. The normalized spacial score (nSPS) is 39.0. The van der Waals surface area contributed by atoms with E-state index in [0.717, 1.165) is 42.9 Å². The van der Waals surface area contributed by atoms with Crippen molar-refractivity contribution in [2.75, 3.05) is 5.32 Å². The Bertz CT molecular complexity index is 1000. The quantitative estimate of drug-likeness (QED) is 0.275. The second-order valence-electron chi connectivity index (χ2n) is 14.4. The van der Waals surface area contributed by atoms with Gasteiger partial charge < -0.3 is 10.1 Å². The summed E-state index contributed by atoms with van der Waals surface area (Å²) in [6.07, 6.45) is 15.4. The first-order valence-corrected chi connectivity index (χ1v) is 15.8. The molecule has 5 rings (SSSR count). The van der Waals surface area contributed by atoms with Crippen molar-refractivity contribution in [2.24, 2.45) is 46.3 Å². The highest BCUT2D eigenvalue weighted by atomic mass is 16.5. The maximum Gasteiger partial charge on any atom is 0.302 e. The summed E-state index contributed by atoms with van der Waals surface area (Å²) in [5.41, 5.74) is 3.46. The van der Waals surface area contributed by atoms with Gasteiger partial charge in [-0.2, -0.15) is 0 Å². The molecule has 210 valence electrons. The predicted molar refractivity (Wildman–Crippen MR) is 158 cm³/mol. The van der Waals surface area contributed by atoms with Crippen LogP contribution in [0.25, 0.3) is 0 Å². The van der Waals surface area contributed by atoms with E-state index in [0.29, 0.717) is 23.3 Å². The number of hydrogen-bond donors (Lipinski definition) is 1. The molecule has 0 bridgehead atoms. The molecule has 1 aromatic rings. The fourth-order valence-corrected chi connectivity index (χ4v) is 9.88. The van der Waals surface area contributed by atoms with Crippen LogP contribution in [0.1, 0.15) is 106 Å².